The molecule has 1 fully saturated rings. The Bertz CT molecular complexity index is 1300. The van der Waals surface area contributed by atoms with Gasteiger partial charge in [-0.1, -0.05) is 18.2 Å². The van der Waals surface area contributed by atoms with Gasteiger partial charge < -0.3 is 24.3 Å². The SMILES string of the molecule is COc1ccc([C@@H]2CC(=O)C3=C(C2)NC(C)=C(C(=O)OC2CCCC2)[C@H]3c2ccc3c(c2)OCO3)cc1. The second-order valence-electron chi connectivity index (χ2n) is 10.2. The Morgan fingerprint density at radius 2 is 1.70 bits per heavy atom. The number of allylic oxidation sites excluding steroid dienone is 3. The number of ketones is 1. The highest BCUT2D eigenvalue weighted by Crippen LogP contribution is 2.47. The summed E-state index contributed by atoms with van der Waals surface area (Å²) < 4.78 is 22.4. The van der Waals surface area contributed by atoms with Crippen LogP contribution in [-0.2, 0) is 14.3 Å². The molecule has 37 heavy (non-hydrogen) atoms. The van der Waals surface area contributed by atoms with Crippen molar-refractivity contribution in [2.45, 2.75) is 63.4 Å². The number of hydrogen-bond donors (Lipinski definition) is 1. The van der Waals surface area contributed by atoms with Gasteiger partial charge in [0.1, 0.15) is 11.9 Å². The van der Waals surface area contributed by atoms with Gasteiger partial charge in [0.2, 0.25) is 6.79 Å². The number of rotatable bonds is 5. The summed E-state index contributed by atoms with van der Waals surface area (Å²) in [4.78, 5) is 27.4. The summed E-state index contributed by atoms with van der Waals surface area (Å²) in [5, 5.41) is 3.44. The number of hydrogen-bond acceptors (Lipinski definition) is 7. The minimum Gasteiger partial charge on any atom is -0.497 e. The summed E-state index contributed by atoms with van der Waals surface area (Å²) in [6.45, 7) is 2.06. The Balaban J connectivity index is 1.38. The summed E-state index contributed by atoms with van der Waals surface area (Å²) in [6, 6.07) is 13.6. The topological polar surface area (TPSA) is 83.1 Å². The van der Waals surface area contributed by atoms with E-state index in [1.807, 2.05) is 49.4 Å². The average molecular weight is 502 g/mol. The van der Waals surface area contributed by atoms with E-state index in [1.165, 1.54) is 0 Å². The van der Waals surface area contributed by atoms with Crippen LogP contribution in [0.25, 0.3) is 0 Å². The predicted molar refractivity (Wildman–Crippen MR) is 136 cm³/mol. The number of ether oxygens (including phenoxy) is 4. The molecule has 2 aliphatic carbocycles. The second kappa shape index (κ2) is 9.61. The van der Waals surface area contributed by atoms with Crippen LogP contribution in [0.15, 0.2) is 65.0 Å². The number of Topliss-reactive ketones (excluding diaryl/α,β-unsaturated/α-hetero) is 1. The number of carbonyl (C=O) groups is 2. The Morgan fingerprint density at radius 3 is 2.46 bits per heavy atom. The monoisotopic (exact) mass is 501 g/mol. The lowest BCUT2D eigenvalue weighted by atomic mass is 9.71. The third-order valence-corrected chi connectivity index (χ3v) is 7.94. The van der Waals surface area contributed by atoms with Crippen LogP contribution >= 0.6 is 0 Å². The molecule has 2 heterocycles. The van der Waals surface area contributed by atoms with Crippen LogP contribution in [0.2, 0.25) is 0 Å². The van der Waals surface area contributed by atoms with E-state index in [0.29, 0.717) is 35.5 Å². The highest BCUT2D eigenvalue weighted by atomic mass is 16.7. The van der Waals surface area contributed by atoms with Crippen molar-refractivity contribution in [2.75, 3.05) is 13.9 Å². The van der Waals surface area contributed by atoms with Gasteiger partial charge in [0.15, 0.2) is 17.3 Å². The molecule has 7 nitrogen and oxygen atoms in total. The number of nitrogens with one attached hydrogen (secondary N) is 1. The summed E-state index contributed by atoms with van der Waals surface area (Å²) in [6.07, 6.45) is 4.89. The first kappa shape index (κ1) is 23.6. The molecule has 2 aliphatic heterocycles. The van der Waals surface area contributed by atoms with Crippen LogP contribution in [0, 0.1) is 0 Å². The molecule has 0 bridgehead atoms. The fraction of sp³-hybridized carbons (Fsp3) is 0.400. The van der Waals surface area contributed by atoms with Crippen LogP contribution < -0.4 is 19.5 Å². The van der Waals surface area contributed by atoms with Crippen molar-refractivity contribution in [1.29, 1.82) is 0 Å². The van der Waals surface area contributed by atoms with Crippen LogP contribution in [0.1, 0.15) is 68.4 Å². The number of esters is 1. The third-order valence-electron chi connectivity index (χ3n) is 7.94. The highest BCUT2D eigenvalue weighted by Gasteiger charge is 2.42. The zero-order valence-electron chi connectivity index (χ0n) is 21.2. The van der Waals surface area contributed by atoms with E-state index in [-0.39, 0.29) is 30.6 Å². The Labute approximate surface area is 216 Å². The lowest BCUT2D eigenvalue weighted by molar-refractivity contribution is -0.144. The van der Waals surface area contributed by atoms with E-state index in [2.05, 4.69) is 5.32 Å². The van der Waals surface area contributed by atoms with Gasteiger partial charge in [-0.3, -0.25) is 4.79 Å². The fourth-order valence-corrected chi connectivity index (χ4v) is 6.07. The molecule has 0 saturated heterocycles. The van der Waals surface area contributed by atoms with Crippen molar-refractivity contribution < 1.29 is 28.5 Å². The summed E-state index contributed by atoms with van der Waals surface area (Å²) in [7, 11) is 1.64. The molecule has 0 unspecified atom stereocenters. The lowest BCUT2D eigenvalue weighted by Gasteiger charge is -2.37. The molecule has 0 radical (unpaired) electrons. The first-order valence-electron chi connectivity index (χ1n) is 13.0. The molecule has 0 amide bonds. The normalized spacial score (nSPS) is 23.1. The number of dihydropyridines is 1. The average Bonchev–Trinajstić information content (AvgIpc) is 3.59. The number of carbonyl (C=O) groups excluding carboxylic acids is 2. The van der Waals surface area contributed by atoms with E-state index >= 15 is 0 Å². The van der Waals surface area contributed by atoms with Gasteiger partial charge in [0, 0.05) is 29.3 Å². The quantitative estimate of drug-likeness (QED) is 0.559. The van der Waals surface area contributed by atoms with E-state index < -0.39 is 5.92 Å². The van der Waals surface area contributed by atoms with Crippen molar-refractivity contribution in [2.24, 2.45) is 0 Å². The van der Waals surface area contributed by atoms with Gasteiger partial charge in [-0.15, -0.1) is 0 Å². The highest BCUT2D eigenvalue weighted by molar-refractivity contribution is 6.04. The molecule has 6 rings (SSSR count). The molecule has 2 atom stereocenters. The smallest absolute Gasteiger partial charge is 0.337 e. The Morgan fingerprint density at radius 1 is 0.973 bits per heavy atom. The van der Waals surface area contributed by atoms with Gasteiger partial charge in [0.05, 0.1) is 12.7 Å². The first-order chi connectivity index (χ1) is 18.0. The third kappa shape index (κ3) is 4.37. The second-order valence-corrected chi connectivity index (χ2v) is 10.2. The molecular formula is C30H31NO6. The standard InChI is InChI=1S/C30H31NO6/c1-17-27(30(33)37-22-5-3-4-6-22)28(19-9-12-25-26(15-19)36-16-35-25)29-23(31-17)13-20(14-24(29)32)18-7-10-21(34-2)11-8-18/h7-12,15,20,22,28,31H,3-6,13-14,16H2,1-2H3/t20-,28+/m0/s1. The van der Waals surface area contributed by atoms with Gasteiger partial charge in [-0.2, -0.15) is 0 Å². The first-order valence-corrected chi connectivity index (χ1v) is 13.0. The maximum atomic E-state index is 13.8. The molecule has 2 aromatic rings. The summed E-state index contributed by atoms with van der Waals surface area (Å²) in [5.41, 5.74) is 4.66. The molecule has 4 aliphatic rings. The number of methoxy groups -OCH3 is 1. The van der Waals surface area contributed by atoms with Crippen LogP contribution in [0.5, 0.6) is 17.2 Å². The van der Waals surface area contributed by atoms with E-state index in [1.54, 1.807) is 7.11 Å². The van der Waals surface area contributed by atoms with E-state index in [9.17, 15) is 9.59 Å². The van der Waals surface area contributed by atoms with Gasteiger partial charge in [0.25, 0.3) is 0 Å². The molecule has 0 spiro atoms. The lowest BCUT2D eigenvalue weighted by Crippen LogP contribution is -2.36. The Kier molecular flexibility index (Phi) is 6.14. The molecule has 1 N–H and O–H groups in total. The van der Waals surface area contributed by atoms with Crippen molar-refractivity contribution in [1.82, 2.24) is 5.32 Å². The van der Waals surface area contributed by atoms with Crippen LogP contribution in [-0.4, -0.2) is 31.8 Å². The predicted octanol–water partition coefficient (Wildman–Crippen LogP) is 5.27. The maximum absolute atomic E-state index is 13.8. The zero-order valence-corrected chi connectivity index (χ0v) is 21.2. The van der Waals surface area contributed by atoms with E-state index in [4.69, 9.17) is 18.9 Å². The number of fused-ring (bicyclic) bond motifs is 1. The molecule has 7 heteroatoms. The van der Waals surface area contributed by atoms with Crippen molar-refractivity contribution in [3.8, 4) is 17.2 Å². The molecule has 1 saturated carbocycles. The summed E-state index contributed by atoms with van der Waals surface area (Å²) in [5.74, 6) is 1.28. The van der Waals surface area contributed by atoms with Crippen molar-refractivity contribution in [3.63, 3.8) is 0 Å². The molecule has 0 aromatic heterocycles. The Hall–Kier alpha value is -3.74. The fourth-order valence-electron chi connectivity index (χ4n) is 6.07. The minimum atomic E-state index is -0.524. The molecular weight excluding hydrogens is 470 g/mol. The number of benzene rings is 2. The van der Waals surface area contributed by atoms with Crippen molar-refractivity contribution >= 4 is 11.8 Å². The maximum Gasteiger partial charge on any atom is 0.337 e. The zero-order chi connectivity index (χ0) is 25.5. The van der Waals surface area contributed by atoms with Gasteiger partial charge >= 0.3 is 5.97 Å². The van der Waals surface area contributed by atoms with Crippen molar-refractivity contribution in [3.05, 3.63) is 76.1 Å². The van der Waals surface area contributed by atoms with Crippen LogP contribution in [0.3, 0.4) is 0 Å². The minimum absolute atomic E-state index is 0.0379. The van der Waals surface area contributed by atoms with Gasteiger partial charge in [-0.25, -0.2) is 4.79 Å². The largest absolute Gasteiger partial charge is 0.497 e. The summed E-state index contributed by atoms with van der Waals surface area (Å²) >= 11 is 0. The van der Waals surface area contributed by atoms with Crippen LogP contribution in [0.4, 0.5) is 0 Å². The van der Waals surface area contributed by atoms with E-state index in [0.717, 1.165) is 54.0 Å². The van der Waals surface area contributed by atoms with Gasteiger partial charge in [-0.05, 0) is 80.3 Å². The molecule has 2 aromatic carbocycles. The molecule has 192 valence electrons.